The lowest BCUT2D eigenvalue weighted by Crippen LogP contribution is -2.44. The van der Waals surface area contributed by atoms with Crippen molar-refractivity contribution in [1.82, 2.24) is 0 Å². The van der Waals surface area contributed by atoms with Crippen LogP contribution in [0.15, 0.2) is 12.1 Å². The molecule has 0 radical (unpaired) electrons. The zero-order valence-electron chi connectivity index (χ0n) is 11.2. The molecular weight excluding hydrogens is 245 g/mol. The summed E-state index contributed by atoms with van der Waals surface area (Å²) in [5.74, 6) is 1.34. The third-order valence-corrected chi connectivity index (χ3v) is 4.13. The van der Waals surface area contributed by atoms with Gasteiger partial charge in [0.2, 0.25) is 0 Å². The van der Waals surface area contributed by atoms with Gasteiger partial charge in [-0.05, 0) is 49.4 Å². The van der Waals surface area contributed by atoms with Crippen LogP contribution >= 0.6 is 0 Å². The van der Waals surface area contributed by atoms with E-state index >= 15 is 0 Å². The molecule has 3 rings (SSSR count). The lowest BCUT2D eigenvalue weighted by molar-refractivity contribution is 0.243. The predicted octanol–water partition coefficient (Wildman–Crippen LogP) is 3.22. The minimum absolute atomic E-state index is 0.389. The summed E-state index contributed by atoms with van der Waals surface area (Å²) in [7, 11) is 0. The Morgan fingerprint density at radius 3 is 2.32 bits per heavy atom. The average molecular weight is 265 g/mol. The topological polar surface area (TPSA) is 44.5 Å². The van der Waals surface area contributed by atoms with Crippen LogP contribution < -0.4 is 15.2 Å². The number of halogens is 1. The van der Waals surface area contributed by atoms with Crippen LogP contribution in [0.1, 0.15) is 49.9 Å². The van der Waals surface area contributed by atoms with Gasteiger partial charge >= 0.3 is 0 Å². The summed E-state index contributed by atoms with van der Waals surface area (Å²) in [6.45, 7) is 2.79. The van der Waals surface area contributed by atoms with Crippen molar-refractivity contribution in [3.63, 3.8) is 0 Å². The average Bonchev–Trinajstić information content (AvgIpc) is 2.58. The maximum atomic E-state index is 13.9. The second-order valence-corrected chi connectivity index (χ2v) is 5.56. The molecular formula is C15H20FNO2. The lowest BCUT2D eigenvalue weighted by atomic mass is 9.70. The van der Waals surface area contributed by atoms with E-state index < -0.39 is 6.17 Å². The van der Waals surface area contributed by atoms with Crippen LogP contribution in [-0.2, 0) is 5.54 Å². The largest absolute Gasteiger partial charge is 0.490 e. The van der Waals surface area contributed by atoms with Gasteiger partial charge in [0.05, 0.1) is 13.2 Å². The summed E-state index contributed by atoms with van der Waals surface area (Å²) in [6, 6.07) is 3.67. The normalized spacial score (nSPS) is 22.3. The molecule has 0 amide bonds. The van der Waals surface area contributed by atoms with E-state index in [2.05, 4.69) is 0 Å². The number of nitrogens with two attached hydrogens (primary N) is 1. The fourth-order valence-electron chi connectivity index (χ4n) is 2.81. The molecule has 3 nitrogen and oxygen atoms in total. The number of hydrogen-bond donors (Lipinski definition) is 1. The van der Waals surface area contributed by atoms with Crippen molar-refractivity contribution in [3.8, 4) is 11.5 Å². The minimum Gasteiger partial charge on any atom is -0.490 e. The first-order valence-electron chi connectivity index (χ1n) is 6.97. The van der Waals surface area contributed by atoms with E-state index in [-0.39, 0.29) is 5.54 Å². The molecule has 1 saturated carbocycles. The second kappa shape index (κ2) is 4.67. The minimum atomic E-state index is -1.05. The van der Waals surface area contributed by atoms with Gasteiger partial charge in [-0.2, -0.15) is 0 Å². The first-order chi connectivity index (χ1) is 9.10. The van der Waals surface area contributed by atoms with Gasteiger partial charge < -0.3 is 15.2 Å². The first kappa shape index (κ1) is 12.7. The maximum Gasteiger partial charge on any atom is 0.161 e. The third kappa shape index (κ3) is 2.18. The molecule has 1 unspecified atom stereocenters. The van der Waals surface area contributed by atoms with Crippen molar-refractivity contribution < 1.29 is 13.9 Å². The summed E-state index contributed by atoms with van der Waals surface area (Å²) in [6.07, 6.45) is 2.72. The standard InChI is InChI=1S/C15H20FNO2/c1-10(16)11-8-13-14(19-7-3-6-18-13)9-12(11)15(17)4-2-5-15/h8-10H,2-7,17H2,1H3. The van der Waals surface area contributed by atoms with Crippen LogP contribution in [0, 0.1) is 0 Å². The van der Waals surface area contributed by atoms with Crippen LogP contribution in [0.3, 0.4) is 0 Å². The van der Waals surface area contributed by atoms with Crippen molar-refractivity contribution >= 4 is 0 Å². The van der Waals surface area contributed by atoms with E-state index in [9.17, 15) is 4.39 Å². The monoisotopic (exact) mass is 265 g/mol. The quantitative estimate of drug-likeness (QED) is 0.893. The zero-order valence-corrected chi connectivity index (χ0v) is 11.2. The van der Waals surface area contributed by atoms with Crippen molar-refractivity contribution in [1.29, 1.82) is 0 Å². The molecule has 1 aromatic carbocycles. The molecule has 1 aliphatic heterocycles. The third-order valence-electron chi connectivity index (χ3n) is 4.13. The molecule has 0 bridgehead atoms. The lowest BCUT2D eigenvalue weighted by Gasteiger charge is -2.40. The van der Waals surface area contributed by atoms with Crippen molar-refractivity contribution in [2.45, 2.75) is 44.3 Å². The Labute approximate surface area is 112 Å². The Balaban J connectivity index is 2.08. The molecule has 4 heteroatoms. The van der Waals surface area contributed by atoms with Gasteiger partial charge in [0, 0.05) is 12.0 Å². The predicted molar refractivity (Wildman–Crippen MR) is 71.3 cm³/mol. The highest BCUT2D eigenvalue weighted by Gasteiger charge is 2.38. The second-order valence-electron chi connectivity index (χ2n) is 5.56. The summed E-state index contributed by atoms with van der Waals surface area (Å²) in [4.78, 5) is 0. The summed E-state index contributed by atoms with van der Waals surface area (Å²) < 4.78 is 25.2. The summed E-state index contributed by atoms with van der Waals surface area (Å²) >= 11 is 0. The van der Waals surface area contributed by atoms with Crippen LogP contribution in [-0.4, -0.2) is 13.2 Å². The number of fused-ring (bicyclic) bond motifs is 1. The molecule has 19 heavy (non-hydrogen) atoms. The summed E-state index contributed by atoms with van der Waals surface area (Å²) in [5.41, 5.74) is 7.52. The number of alkyl halides is 1. The van der Waals surface area contributed by atoms with Gasteiger partial charge in [-0.15, -0.1) is 0 Å². The van der Waals surface area contributed by atoms with Crippen molar-refractivity contribution in [3.05, 3.63) is 23.3 Å². The highest BCUT2D eigenvalue weighted by atomic mass is 19.1. The van der Waals surface area contributed by atoms with E-state index in [0.717, 1.165) is 31.2 Å². The van der Waals surface area contributed by atoms with Crippen LogP contribution in [0.25, 0.3) is 0 Å². The van der Waals surface area contributed by atoms with Crippen molar-refractivity contribution in [2.24, 2.45) is 5.73 Å². The molecule has 1 aliphatic carbocycles. The number of hydrogen-bond acceptors (Lipinski definition) is 3. The first-order valence-corrected chi connectivity index (χ1v) is 6.97. The van der Waals surface area contributed by atoms with Crippen molar-refractivity contribution in [2.75, 3.05) is 13.2 Å². The van der Waals surface area contributed by atoms with E-state index in [1.165, 1.54) is 0 Å². The molecule has 0 aromatic heterocycles. The van der Waals surface area contributed by atoms with Crippen LogP contribution in [0.5, 0.6) is 11.5 Å². The smallest absolute Gasteiger partial charge is 0.161 e. The SMILES string of the molecule is CC(F)c1cc2c(cc1C1(N)CCC1)OCCCO2. The van der Waals surface area contributed by atoms with Crippen LogP contribution in [0.4, 0.5) is 4.39 Å². The molecule has 1 heterocycles. The fraction of sp³-hybridized carbons (Fsp3) is 0.600. The molecule has 0 spiro atoms. The Hall–Kier alpha value is -1.29. The molecule has 0 saturated heterocycles. The van der Waals surface area contributed by atoms with E-state index in [0.29, 0.717) is 30.3 Å². The van der Waals surface area contributed by atoms with Gasteiger partial charge in [0.25, 0.3) is 0 Å². The van der Waals surface area contributed by atoms with E-state index in [1.807, 2.05) is 6.07 Å². The highest BCUT2D eigenvalue weighted by molar-refractivity contribution is 5.51. The van der Waals surface area contributed by atoms with E-state index in [4.69, 9.17) is 15.2 Å². The molecule has 104 valence electrons. The molecule has 1 atom stereocenters. The van der Waals surface area contributed by atoms with Crippen LogP contribution in [0.2, 0.25) is 0 Å². The molecule has 2 N–H and O–H groups in total. The number of rotatable bonds is 2. The Morgan fingerprint density at radius 1 is 1.16 bits per heavy atom. The highest BCUT2D eigenvalue weighted by Crippen LogP contribution is 2.46. The molecule has 1 fully saturated rings. The maximum absolute atomic E-state index is 13.9. The van der Waals surface area contributed by atoms with Gasteiger partial charge in [-0.1, -0.05) is 0 Å². The zero-order chi connectivity index (χ0) is 13.5. The molecule has 2 aliphatic rings. The van der Waals surface area contributed by atoms with Gasteiger partial charge in [-0.3, -0.25) is 0 Å². The summed E-state index contributed by atoms with van der Waals surface area (Å²) in [5, 5.41) is 0. The Bertz CT molecular complexity index is 483. The Morgan fingerprint density at radius 2 is 1.79 bits per heavy atom. The van der Waals surface area contributed by atoms with E-state index in [1.54, 1.807) is 13.0 Å². The van der Waals surface area contributed by atoms with Gasteiger partial charge in [0.1, 0.15) is 6.17 Å². The van der Waals surface area contributed by atoms with Gasteiger partial charge in [0.15, 0.2) is 11.5 Å². The Kier molecular flexibility index (Phi) is 3.13. The van der Waals surface area contributed by atoms with Gasteiger partial charge in [-0.25, -0.2) is 4.39 Å². The molecule has 1 aromatic rings. The number of ether oxygens (including phenoxy) is 2. The fourth-order valence-corrected chi connectivity index (χ4v) is 2.81. The number of benzene rings is 1.